The molecule has 3 fully saturated rings. The SMILES string of the molecule is CC(=O)N[C@H]1[C@H](OC[C@@H](O)[C@H](O)[C@H](O[C@@H]2O[C@H](CO)[C@H](O)[C@H](O)[C@H]2O)[C@H](CO)NC(C)=O)O[C@H](CO)[C@@H](O[C@@H]2O[C@H](CO)[C@H](OS(=O)(=O)O)[C@H](O)[C@H]2O)[C@@H]1O. The summed E-state index contributed by atoms with van der Waals surface area (Å²) in [6.45, 7) is -2.75. The lowest BCUT2D eigenvalue weighted by molar-refractivity contribution is -0.348. The topological polar surface area (TPSA) is 420 Å². The maximum Gasteiger partial charge on any atom is 0.397 e. The molecule has 2 amide bonds. The average Bonchev–Trinajstić information content (AvgIpc) is 3.12. The van der Waals surface area contributed by atoms with Gasteiger partial charge in [0, 0.05) is 13.8 Å². The number of rotatable bonds is 18. The summed E-state index contributed by atoms with van der Waals surface area (Å²) in [5.41, 5.74) is 0. The minimum absolute atomic E-state index is 0.757. The fourth-order valence-electron chi connectivity index (χ4n) is 6.10. The van der Waals surface area contributed by atoms with Crippen LogP contribution in [0.5, 0.6) is 0 Å². The Kier molecular flexibility index (Phi) is 17.8. The molecule has 3 rings (SSSR count). The van der Waals surface area contributed by atoms with Crippen molar-refractivity contribution < 1.29 is 116 Å². The monoisotopic (exact) mass is 830 g/mol. The Bertz CT molecular complexity index is 1330. The molecule has 55 heavy (non-hydrogen) atoms. The van der Waals surface area contributed by atoms with Crippen molar-refractivity contribution in [1.29, 1.82) is 0 Å². The molecule has 19 atom stereocenters. The first-order valence-corrected chi connectivity index (χ1v) is 18.0. The summed E-state index contributed by atoms with van der Waals surface area (Å²) in [5, 5.41) is 129. The van der Waals surface area contributed by atoms with Crippen LogP contribution < -0.4 is 10.6 Å². The number of amides is 2. The number of carbonyl (C=O) groups is 2. The van der Waals surface area contributed by atoms with Gasteiger partial charge in [0.15, 0.2) is 18.9 Å². The fourth-order valence-corrected chi connectivity index (χ4v) is 6.62. The van der Waals surface area contributed by atoms with Crippen molar-refractivity contribution >= 4 is 22.2 Å². The van der Waals surface area contributed by atoms with Gasteiger partial charge in [-0.15, -0.1) is 0 Å². The van der Waals surface area contributed by atoms with Crippen LogP contribution in [0.3, 0.4) is 0 Å². The van der Waals surface area contributed by atoms with E-state index in [0.717, 1.165) is 13.8 Å². The van der Waals surface area contributed by atoms with Gasteiger partial charge in [0.1, 0.15) is 91.5 Å². The van der Waals surface area contributed by atoms with Crippen molar-refractivity contribution in [2.75, 3.05) is 33.0 Å². The van der Waals surface area contributed by atoms with Crippen molar-refractivity contribution in [1.82, 2.24) is 10.6 Å². The molecule has 3 heterocycles. The van der Waals surface area contributed by atoms with Gasteiger partial charge < -0.3 is 100 Å². The Morgan fingerprint density at radius 1 is 0.709 bits per heavy atom. The van der Waals surface area contributed by atoms with Crippen LogP contribution in [0.4, 0.5) is 0 Å². The molecular formula is C28H50N2O24S. The molecule has 0 aromatic heterocycles. The summed E-state index contributed by atoms with van der Waals surface area (Å²) in [7, 11) is -5.22. The molecule has 3 aliphatic rings. The summed E-state index contributed by atoms with van der Waals surface area (Å²) in [5.74, 6) is -1.56. The van der Waals surface area contributed by atoms with Gasteiger partial charge in [0.2, 0.25) is 11.8 Å². The van der Waals surface area contributed by atoms with E-state index in [2.05, 4.69) is 14.8 Å². The van der Waals surface area contributed by atoms with Crippen LogP contribution in [-0.2, 0) is 52.6 Å². The van der Waals surface area contributed by atoms with Gasteiger partial charge in [-0.3, -0.25) is 14.1 Å². The molecule has 0 aromatic rings. The lowest BCUT2D eigenvalue weighted by atomic mass is 9.95. The van der Waals surface area contributed by atoms with Crippen LogP contribution in [0.15, 0.2) is 0 Å². The molecule has 27 heteroatoms. The number of ether oxygens (including phenoxy) is 6. The van der Waals surface area contributed by atoms with Crippen molar-refractivity contribution in [2.45, 2.75) is 130 Å². The van der Waals surface area contributed by atoms with Crippen molar-refractivity contribution in [3.63, 3.8) is 0 Å². The van der Waals surface area contributed by atoms with E-state index in [1.165, 1.54) is 0 Å². The van der Waals surface area contributed by atoms with Gasteiger partial charge in [-0.05, 0) is 0 Å². The zero-order valence-electron chi connectivity index (χ0n) is 29.2. The first-order valence-electron chi connectivity index (χ1n) is 16.7. The third-order valence-electron chi connectivity index (χ3n) is 8.85. The molecule has 322 valence electrons. The Morgan fingerprint density at radius 3 is 1.78 bits per heavy atom. The zero-order chi connectivity index (χ0) is 41.5. The minimum atomic E-state index is -5.22. The largest absolute Gasteiger partial charge is 0.397 e. The predicted octanol–water partition coefficient (Wildman–Crippen LogP) is -10.00. The van der Waals surface area contributed by atoms with Crippen molar-refractivity contribution in [3.05, 3.63) is 0 Å². The second-order valence-corrected chi connectivity index (χ2v) is 14.0. The molecule has 0 aromatic carbocycles. The molecule has 15 N–H and O–H groups in total. The van der Waals surface area contributed by atoms with Crippen LogP contribution in [0, 0.1) is 0 Å². The van der Waals surface area contributed by atoms with Crippen LogP contribution in [0.2, 0.25) is 0 Å². The first-order chi connectivity index (χ1) is 25.7. The summed E-state index contributed by atoms with van der Waals surface area (Å²) in [6.07, 6.45) is -32.5. The number of aliphatic hydroxyl groups is 12. The van der Waals surface area contributed by atoms with E-state index in [-0.39, 0.29) is 0 Å². The molecule has 3 saturated heterocycles. The van der Waals surface area contributed by atoms with Crippen LogP contribution in [0.1, 0.15) is 13.8 Å². The molecule has 0 unspecified atom stereocenters. The van der Waals surface area contributed by atoms with Gasteiger partial charge in [0.25, 0.3) is 0 Å². The summed E-state index contributed by atoms with van der Waals surface area (Å²) >= 11 is 0. The normalized spacial score (nSPS) is 39.4. The Labute approximate surface area is 312 Å². The second-order valence-electron chi connectivity index (χ2n) is 12.9. The van der Waals surface area contributed by atoms with Gasteiger partial charge in [0.05, 0.1) is 39.1 Å². The average molecular weight is 831 g/mol. The van der Waals surface area contributed by atoms with E-state index in [0.29, 0.717) is 0 Å². The molecule has 0 radical (unpaired) electrons. The lowest BCUT2D eigenvalue weighted by Crippen LogP contribution is -2.68. The van der Waals surface area contributed by atoms with Gasteiger partial charge in [-0.2, -0.15) is 8.42 Å². The smallest absolute Gasteiger partial charge is 0.394 e. The molecule has 0 spiro atoms. The number of hydrogen-bond donors (Lipinski definition) is 15. The van der Waals surface area contributed by atoms with Gasteiger partial charge in [-0.25, -0.2) is 4.18 Å². The van der Waals surface area contributed by atoms with E-state index in [1.807, 2.05) is 0 Å². The van der Waals surface area contributed by atoms with E-state index >= 15 is 0 Å². The Morgan fingerprint density at radius 2 is 1.25 bits per heavy atom. The van der Waals surface area contributed by atoms with Gasteiger partial charge >= 0.3 is 10.4 Å². The minimum Gasteiger partial charge on any atom is -0.394 e. The van der Waals surface area contributed by atoms with Crippen LogP contribution >= 0.6 is 0 Å². The number of aliphatic hydroxyl groups excluding tert-OH is 12. The number of carbonyl (C=O) groups excluding carboxylic acids is 2. The van der Waals surface area contributed by atoms with E-state index in [4.69, 9.17) is 33.0 Å². The highest BCUT2D eigenvalue weighted by molar-refractivity contribution is 7.80. The summed E-state index contributed by atoms with van der Waals surface area (Å²) in [6, 6.07) is -3.18. The maximum absolute atomic E-state index is 12.1. The highest BCUT2D eigenvalue weighted by atomic mass is 32.3. The second kappa shape index (κ2) is 20.7. The highest BCUT2D eigenvalue weighted by Gasteiger charge is 2.53. The van der Waals surface area contributed by atoms with E-state index in [9.17, 15) is 79.3 Å². The van der Waals surface area contributed by atoms with Crippen molar-refractivity contribution in [3.8, 4) is 0 Å². The van der Waals surface area contributed by atoms with Crippen LogP contribution in [0.25, 0.3) is 0 Å². The number of nitrogens with one attached hydrogen (secondary N) is 2. The summed E-state index contributed by atoms with van der Waals surface area (Å²) < 4.78 is 68.7. The molecule has 26 nitrogen and oxygen atoms in total. The standard InChI is InChI=1S/C28H50N2O24S/c1-8(35)29-10(3-31)23(52-27-21(43)19(41)17(39)12(4-32)49-27)16(38)11(37)7-48-26-15(30-9(2)36)18(40)24(13(5-33)50-26)53-28-22(44)20(42)25(14(6-34)51-28)54-55(45,46)47/h10-28,31-34,37-44H,3-7H2,1-2H3,(H,29,35)(H,30,36)(H,45,46,47)/t10-,11+,12+,13+,14+,15+,16-,17-,18+,19-,20+,21+,22+,23+,24+,25-,26+,27-,28-/m0/s1. The van der Waals surface area contributed by atoms with E-state index < -0.39 is 172 Å². The van der Waals surface area contributed by atoms with E-state index in [1.54, 1.807) is 0 Å². The quantitative estimate of drug-likeness (QED) is 0.0570. The third-order valence-corrected chi connectivity index (χ3v) is 9.32. The highest BCUT2D eigenvalue weighted by Crippen LogP contribution is 2.31. The number of hydrogen-bond acceptors (Lipinski definition) is 23. The fraction of sp³-hybridized carbons (Fsp3) is 0.929. The molecular weight excluding hydrogens is 780 g/mol. The first kappa shape index (κ1) is 47.5. The third kappa shape index (κ3) is 12.1. The molecule has 0 aliphatic carbocycles. The Hall–Kier alpha value is -1.91. The maximum atomic E-state index is 12.1. The van der Waals surface area contributed by atoms with Crippen LogP contribution in [-0.4, -0.2) is 236 Å². The molecule has 0 bridgehead atoms. The molecule has 3 aliphatic heterocycles. The Balaban J connectivity index is 1.80. The summed E-state index contributed by atoms with van der Waals surface area (Å²) in [4.78, 5) is 24.0. The zero-order valence-corrected chi connectivity index (χ0v) is 30.0. The predicted molar refractivity (Wildman–Crippen MR) is 170 cm³/mol. The molecule has 0 saturated carbocycles. The lowest BCUT2D eigenvalue weighted by Gasteiger charge is -2.47. The van der Waals surface area contributed by atoms with Gasteiger partial charge in [-0.1, -0.05) is 0 Å². The van der Waals surface area contributed by atoms with Crippen molar-refractivity contribution in [2.24, 2.45) is 0 Å².